The lowest BCUT2D eigenvalue weighted by atomic mass is 9.93. The topological polar surface area (TPSA) is 93.8 Å². The molecule has 0 saturated carbocycles. The molecule has 1 atom stereocenters. The van der Waals surface area contributed by atoms with Crippen LogP contribution in [-0.4, -0.2) is 50.2 Å². The fourth-order valence-electron chi connectivity index (χ4n) is 5.24. The standard InChI is InChI=1S/C32H35F3N4O3/c1-4-23-17-22(11-12-24(23)29(42)8-6-5-7-28(41)20(2)9-10-21(3)40)18-26-31-38-19-27(39(31)16-15-36-26)25-13-14-37-30(25)32(33,34)35/h11-13,15-17,19-20H,4-10,14,18H2,1-3H3/t20-/m0/s1. The fourth-order valence-corrected chi connectivity index (χ4v) is 5.24. The Morgan fingerprint density at radius 1 is 1.07 bits per heavy atom. The lowest BCUT2D eigenvalue weighted by Gasteiger charge is -2.12. The summed E-state index contributed by atoms with van der Waals surface area (Å²) in [6, 6.07) is 5.66. The van der Waals surface area contributed by atoms with Gasteiger partial charge in [-0.15, -0.1) is 0 Å². The van der Waals surface area contributed by atoms with E-state index >= 15 is 0 Å². The number of ketones is 3. The molecule has 2 aromatic heterocycles. The monoisotopic (exact) mass is 580 g/mol. The van der Waals surface area contributed by atoms with Crippen LogP contribution in [0.25, 0.3) is 11.2 Å². The summed E-state index contributed by atoms with van der Waals surface area (Å²) >= 11 is 0. The average molecular weight is 581 g/mol. The molecule has 3 aromatic rings. The van der Waals surface area contributed by atoms with Gasteiger partial charge in [0.2, 0.25) is 0 Å². The first kappa shape index (κ1) is 31.0. The first-order chi connectivity index (χ1) is 20.0. The Hall–Kier alpha value is -3.95. The van der Waals surface area contributed by atoms with Gasteiger partial charge in [0.15, 0.2) is 11.4 Å². The van der Waals surface area contributed by atoms with Crippen LogP contribution >= 0.6 is 0 Å². The number of carbonyl (C=O) groups is 3. The minimum atomic E-state index is -4.55. The molecule has 0 amide bonds. The Bertz CT molecular complexity index is 1550. The molecule has 7 nitrogen and oxygen atoms in total. The number of alkyl halides is 3. The van der Waals surface area contributed by atoms with E-state index < -0.39 is 11.9 Å². The smallest absolute Gasteiger partial charge is 0.300 e. The molecule has 4 rings (SSSR count). The van der Waals surface area contributed by atoms with Crippen LogP contribution in [0.1, 0.15) is 92.2 Å². The van der Waals surface area contributed by atoms with Crippen molar-refractivity contribution < 1.29 is 27.6 Å². The second-order valence-electron chi connectivity index (χ2n) is 10.8. The maximum absolute atomic E-state index is 13.5. The summed E-state index contributed by atoms with van der Waals surface area (Å²) in [4.78, 5) is 48.9. The Kier molecular flexibility index (Phi) is 9.85. The minimum Gasteiger partial charge on any atom is -0.300 e. The number of nitrogens with zero attached hydrogens (tertiary/aromatic N) is 4. The van der Waals surface area contributed by atoms with Crippen molar-refractivity contribution in [1.82, 2.24) is 14.4 Å². The number of aromatic nitrogens is 3. The summed E-state index contributed by atoms with van der Waals surface area (Å²) in [5.74, 6) is 0.0892. The van der Waals surface area contributed by atoms with E-state index in [4.69, 9.17) is 0 Å². The van der Waals surface area contributed by atoms with Crippen molar-refractivity contribution in [3.05, 3.63) is 70.9 Å². The van der Waals surface area contributed by atoms with Gasteiger partial charge < -0.3 is 4.79 Å². The maximum atomic E-state index is 13.5. The Morgan fingerprint density at radius 2 is 1.83 bits per heavy atom. The zero-order chi connectivity index (χ0) is 30.4. The quantitative estimate of drug-likeness (QED) is 0.158. The Morgan fingerprint density at radius 3 is 2.55 bits per heavy atom. The van der Waals surface area contributed by atoms with Crippen LogP contribution in [0, 0.1) is 5.92 Å². The summed E-state index contributed by atoms with van der Waals surface area (Å²) in [7, 11) is 0. The molecule has 1 aliphatic heterocycles. The number of Topliss-reactive ketones (excluding diaryl/α,β-unsaturated/α-hetero) is 3. The van der Waals surface area contributed by atoms with Gasteiger partial charge in [-0.3, -0.25) is 24.0 Å². The number of imidazole rings is 1. The van der Waals surface area contributed by atoms with Gasteiger partial charge in [0.05, 0.1) is 24.1 Å². The third-order valence-corrected chi connectivity index (χ3v) is 7.62. The number of fused-ring (bicyclic) bond motifs is 1. The van der Waals surface area contributed by atoms with Crippen molar-refractivity contribution in [2.75, 3.05) is 6.54 Å². The van der Waals surface area contributed by atoms with E-state index in [1.54, 1.807) is 16.8 Å². The van der Waals surface area contributed by atoms with Crippen LogP contribution in [0.3, 0.4) is 0 Å². The van der Waals surface area contributed by atoms with Crippen molar-refractivity contribution in [3.8, 4) is 0 Å². The lowest BCUT2D eigenvalue weighted by Crippen LogP contribution is -2.23. The van der Waals surface area contributed by atoms with E-state index in [-0.39, 0.29) is 35.4 Å². The van der Waals surface area contributed by atoms with Gasteiger partial charge in [-0.1, -0.05) is 38.1 Å². The number of halogens is 3. The zero-order valence-electron chi connectivity index (χ0n) is 24.1. The van der Waals surface area contributed by atoms with Crippen LogP contribution in [0.4, 0.5) is 13.2 Å². The van der Waals surface area contributed by atoms with Crippen molar-refractivity contribution in [1.29, 1.82) is 0 Å². The largest absolute Gasteiger partial charge is 0.433 e. The molecule has 0 saturated heterocycles. The SMILES string of the molecule is CCc1cc(Cc2nccn3c(C4=CCN=C4C(F)(F)F)cnc23)ccc1C(=O)CCCCC(=O)[C@@H](C)CCC(C)=O. The molecular formula is C32H35F3N4O3. The number of aliphatic imine (C=N–C) groups is 1. The predicted molar refractivity (Wildman–Crippen MR) is 155 cm³/mol. The summed E-state index contributed by atoms with van der Waals surface area (Å²) in [6.07, 6.45) is 5.46. The molecule has 0 aliphatic carbocycles. The van der Waals surface area contributed by atoms with E-state index in [0.717, 1.165) is 11.1 Å². The molecule has 1 aromatic carbocycles. The highest BCUT2D eigenvalue weighted by Crippen LogP contribution is 2.32. The summed E-state index contributed by atoms with van der Waals surface area (Å²) in [5.41, 5.74) is 2.96. The highest BCUT2D eigenvalue weighted by atomic mass is 19.4. The predicted octanol–water partition coefficient (Wildman–Crippen LogP) is 6.60. The number of carbonyl (C=O) groups excluding carboxylic acids is 3. The van der Waals surface area contributed by atoms with Crippen molar-refractivity contribution >= 4 is 34.3 Å². The third kappa shape index (κ3) is 7.27. The van der Waals surface area contributed by atoms with Gasteiger partial charge >= 0.3 is 6.18 Å². The van der Waals surface area contributed by atoms with Crippen molar-refractivity contribution in [2.24, 2.45) is 10.9 Å². The first-order valence-electron chi connectivity index (χ1n) is 14.3. The Balaban J connectivity index is 1.41. The van der Waals surface area contributed by atoms with Crippen LogP contribution in [0.2, 0.25) is 0 Å². The molecule has 222 valence electrons. The van der Waals surface area contributed by atoms with E-state index in [9.17, 15) is 27.6 Å². The average Bonchev–Trinajstić information content (AvgIpc) is 3.61. The molecule has 0 unspecified atom stereocenters. The molecule has 0 N–H and O–H groups in total. The molecular weight excluding hydrogens is 545 g/mol. The molecule has 1 aliphatic rings. The second kappa shape index (κ2) is 13.4. The number of benzene rings is 1. The number of rotatable bonds is 14. The van der Waals surface area contributed by atoms with Crippen LogP contribution in [0.5, 0.6) is 0 Å². The highest BCUT2D eigenvalue weighted by Gasteiger charge is 2.40. The summed E-state index contributed by atoms with van der Waals surface area (Å²) in [5, 5.41) is 0. The van der Waals surface area contributed by atoms with Crippen molar-refractivity contribution in [2.45, 2.75) is 78.3 Å². The third-order valence-electron chi connectivity index (χ3n) is 7.62. The van der Waals surface area contributed by atoms with Gasteiger partial charge in [0.25, 0.3) is 0 Å². The first-order valence-corrected chi connectivity index (χ1v) is 14.3. The molecule has 3 heterocycles. The van der Waals surface area contributed by atoms with E-state index in [1.807, 2.05) is 32.0 Å². The molecule has 0 radical (unpaired) electrons. The Labute approximate surface area is 243 Å². The number of unbranched alkanes of at least 4 members (excludes halogenated alkanes) is 1. The van der Waals surface area contributed by atoms with Gasteiger partial charge in [0.1, 0.15) is 17.3 Å². The molecule has 42 heavy (non-hydrogen) atoms. The van der Waals surface area contributed by atoms with Gasteiger partial charge in [-0.2, -0.15) is 13.2 Å². The number of allylic oxidation sites excluding steroid dienone is 1. The molecule has 0 bridgehead atoms. The summed E-state index contributed by atoms with van der Waals surface area (Å²) in [6.45, 7) is 5.32. The van der Waals surface area contributed by atoms with Crippen LogP contribution < -0.4 is 0 Å². The van der Waals surface area contributed by atoms with Crippen LogP contribution in [-0.2, 0) is 22.4 Å². The van der Waals surface area contributed by atoms with E-state index in [2.05, 4.69) is 15.0 Å². The molecule has 10 heteroatoms. The highest BCUT2D eigenvalue weighted by molar-refractivity contribution is 6.27. The van der Waals surface area contributed by atoms with Gasteiger partial charge in [0, 0.05) is 55.1 Å². The van der Waals surface area contributed by atoms with Crippen LogP contribution in [0.15, 0.2) is 47.9 Å². The van der Waals surface area contributed by atoms with Gasteiger partial charge in [-0.25, -0.2) is 4.98 Å². The second-order valence-corrected chi connectivity index (χ2v) is 10.8. The number of hydrogen-bond acceptors (Lipinski definition) is 6. The number of aryl methyl sites for hydroxylation is 1. The van der Waals surface area contributed by atoms with E-state index in [1.165, 1.54) is 19.2 Å². The van der Waals surface area contributed by atoms with Crippen molar-refractivity contribution in [3.63, 3.8) is 0 Å². The number of hydrogen-bond donors (Lipinski definition) is 0. The van der Waals surface area contributed by atoms with Gasteiger partial charge in [-0.05, 0) is 43.7 Å². The normalized spacial score (nSPS) is 14.1. The fraction of sp³-hybridized carbons (Fsp3) is 0.438. The van der Waals surface area contributed by atoms with E-state index in [0.29, 0.717) is 74.0 Å². The summed E-state index contributed by atoms with van der Waals surface area (Å²) < 4.78 is 42.0. The zero-order valence-corrected chi connectivity index (χ0v) is 24.1. The molecule has 0 fully saturated rings. The minimum absolute atomic E-state index is 0.00939. The molecule has 0 spiro atoms. The maximum Gasteiger partial charge on any atom is 0.433 e. The lowest BCUT2D eigenvalue weighted by molar-refractivity contribution is -0.123.